The smallest absolute Gasteiger partial charge is 0.191 e. The number of nitrogens with zero attached hydrogens (tertiary/aromatic N) is 3. The molecule has 1 unspecified atom stereocenters. The summed E-state index contributed by atoms with van der Waals surface area (Å²) in [5.41, 5.74) is 2.70. The predicted molar refractivity (Wildman–Crippen MR) is 138 cm³/mol. The van der Waals surface area contributed by atoms with Gasteiger partial charge in [-0.2, -0.15) is 0 Å². The molecule has 1 aromatic carbocycles. The van der Waals surface area contributed by atoms with E-state index in [-0.39, 0.29) is 24.0 Å². The number of aliphatic imine (C=N–C) groups is 1. The zero-order valence-corrected chi connectivity index (χ0v) is 21.8. The van der Waals surface area contributed by atoms with Crippen molar-refractivity contribution in [3.8, 4) is 0 Å². The Morgan fingerprint density at radius 2 is 1.73 bits per heavy atom. The van der Waals surface area contributed by atoms with Crippen LogP contribution in [0.15, 0.2) is 29.3 Å². The van der Waals surface area contributed by atoms with Crippen LogP contribution in [0.1, 0.15) is 37.8 Å². The molecule has 0 aliphatic carbocycles. The summed E-state index contributed by atoms with van der Waals surface area (Å²) in [5.74, 6) is 1.55. The second kappa shape index (κ2) is 15.0. The molecule has 30 heavy (non-hydrogen) atoms. The van der Waals surface area contributed by atoms with Crippen LogP contribution >= 0.6 is 24.0 Å². The van der Waals surface area contributed by atoms with E-state index in [2.05, 4.69) is 77.6 Å². The van der Waals surface area contributed by atoms with Gasteiger partial charge >= 0.3 is 0 Å². The molecular formula is C23H42IN5O. The van der Waals surface area contributed by atoms with Crippen molar-refractivity contribution in [3.63, 3.8) is 0 Å². The summed E-state index contributed by atoms with van der Waals surface area (Å²) >= 11 is 0. The second-order valence-corrected chi connectivity index (χ2v) is 8.07. The minimum atomic E-state index is 0. The molecule has 0 amide bonds. The van der Waals surface area contributed by atoms with E-state index in [1.807, 2.05) is 7.05 Å². The molecule has 6 nitrogen and oxygen atoms in total. The average Bonchev–Trinajstić information content (AvgIpc) is 2.74. The summed E-state index contributed by atoms with van der Waals surface area (Å²) in [7, 11) is 6.18. The number of likely N-dealkylation sites (N-methyl/N-ethyl adjacent to an activating group) is 1. The molecule has 0 aromatic heterocycles. The first-order valence-corrected chi connectivity index (χ1v) is 11.1. The molecule has 0 saturated carbocycles. The first kappa shape index (κ1) is 27.1. The molecule has 1 aliphatic heterocycles. The lowest BCUT2D eigenvalue weighted by Crippen LogP contribution is -2.47. The van der Waals surface area contributed by atoms with E-state index in [1.165, 1.54) is 24.0 Å². The van der Waals surface area contributed by atoms with Crippen LogP contribution in [0.2, 0.25) is 0 Å². The zero-order chi connectivity index (χ0) is 21.1. The van der Waals surface area contributed by atoms with E-state index < -0.39 is 0 Å². The summed E-state index contributed by atoms with van der Waals surface area (Å²) in [6.45, 7) is 10.9. The molecule has 1 heterocycles. The Morgan fingerprint density at radius 3 is 2.30 bits per heavy atom. The Morgan fingerprint density at radius 1 is 1.10 bits per heavy atom. The quantitative estimate of drug-likeness (QED) is 0.276. The van der Waals surface area contributed by atoms with Crippen LogP contribution in [-0.2, 0) is 17.8 Å². The maximum Gasteiger partial charge on any atom is 0.191 e. The van der Waals surface area contributed by atoms with E-state index >= 15 is 0 Å². The van der Waals surface area contributed by atoms with Crippen molar-refractivity contribution in [1.82, 2.24) is 20.4 Å². The molecule has 172 valence electrons. The Kier molecular flexibility index (Phi) is 13.6. The largest absolute Gasteiger partial charge is 0.379 e. The molecule has 1 saturated heterocycles. The van der Waals surface area contributed by atoms with E-state index in [0.717, 1.165) is 51.9 Å². The zero-order valence-electron chi connectivity index (χ0n) is 19.5. The third-order valence-corrected chi connectivity index (χ3v) is 6.02. The van der Waals surface area contributed by atoms with Crippen molar-refractivity contribution in [1.29, 1.82) is 0 Å². The van der Waals surface area contributed by atoms with Gasteiger partial charge in [0.25, 0.3) is 0 Å². The standard InChI is InChI=1S/C23H41N5O.HI/c1-6-19(7-2)22(27(4)5)17-26-23(24-3)25-16-20-10-8-9-11-21(20)18-28-12-14-29-15-13-28;/h8-11,19,22H,6-7,12-18H2,1-5H3,(H2,24,25,26);1H. The third-order valence-electron chi connectivity index (χ3n) is 6.02. The van der Waals surface area contributed by atoms with Gasteiger partial charge in [-0.3, -0.25) is 9.89 Å². The molecule has 7 heteroatoms. The van der Waals surface area contributed by atoms with Crippen LogP contribution in [-0.4, -0.2) is 75.8 Å². The van der Waals surface area contributed by atoms with Crippen LogP contribution in [0.25, 0.3) is 0 Å². The average molecular weight is 532 g/mol. The van der Waals surface area contributed by atoms with E-state index in [0.29, 0.717) is 12.0 Å². The van der Waals surface area contributed by atoms with Crippen molar-refractivity contribution < 1.29 is 4.74 Å². The highest BCUT2D eigenvalue weighted by Crippen LogP contribution is 2.16. The number of guanidine groups is 1. The highest BCUT2D eigenvalue weighted by molar-refractivity contribution is 14.0. The van der Waals surface area contributed by atoms with Crippen LogP contribution in [0.4, 0.5) is 0 Å². The molecular weight excluding hydrogens is 489 g/mol. The van der Waals surface area contributed by atoms with E-state index in [4.69, 9.17) is 4.74 Å². The topological polar surface area (TPSA) is 52.1 Å². The molecule has 1 atom stereocenters. The number of hydrogen-bond donors (Lipinski definition) is 2. The van der Waals surface area contributed by atoms with Gasteiger partial charge in [-0.15, -0.1) is 24.0 Å². The first-order chi connectivity index (χ1) is 14.1. The maximum atomic E-state index is 5.48. The van der Waals surface area contributed by atoms with Crippen molar-refractivity contribution >= 4 is 29.9 Å². The summed E-state index contributed by atoms with van der Waals surface area (Å²) in [6, 6.07) is 9.19. The van der Waals surface area contributed by atoms with Crippen LogP contribution in [0, 0.1) is 5.92 Å². The van der Waals surface area contributed by atoms with Gasteiger partial charge in [0.2, 0.25) is 0 Å². The van der Waals surface area contributed by atoms with Gasteiger partial charge in [-0.25, -0.2) is 0 Å². The van der Waals surface area contributed by atoms with Crippen LogP contribution in [0.5, 0.6) is 0 Å². The van der Waals surface area contributed by atoms with Gasteiger partial charge in [0.1, 0.15) is 0 Å². The van der Waals surface area contributed by atoms with Gasteiger partial charge in [-0.1, -0.05) is 51.0 Å². The van der Waals surface area contributed by atoms with Gasteiger partial charge in [0.05, 0.1) is 13.2 Å². The van der Waals surface area contributed by atoms with Crippen molar-refractivity contribution in [2.24, 2.45) is 10.9 Å². The van der Waals surface area contributed by atoms with Crippen LogP contribution < -0.4 is 10.6 Å². The number of morpholine rings is 1. The van der Waals surface area contributed by atoms with E-state index in [1.54, 1.807) is 0 Å². The van der Waals surface area contributed by atoms with E-state index in [9.17, 15) is 0 Å². The summed E-state index contributed by atoms with van der Waals surface area (Å²) in [6.07, 6.45) is 2.39. The van der Waals surface area contributed by atoms with Gasteiger partial charge in [0.15, 0.2) is 5.96 Å². The monoisotopic (exact) mass is 531 g/mol. The number of hydrogen-bond acceptors (Lipinski definition) is 4. The lowest BCUT2D eigenvalue weighted by atomic mass is 9.93. The SMILES string of the molecule is CCC(CC)C(CNC(=NC)NCc1ccccc1CN1CCOCC1)N(C)C.I. The fraction of sp³-hybridized carbons (Fsp3) is 0.696. The van der Waals surface area contributed by atoms with Gasteiger partial charge in [0, 0.05) is 45.8 Å². The number of benzene rings is 1. The van der Waals surface area contributed by atoms with Gasteiger partial charge in [-0.05, 0) is 31.1 Å². The van der Waals surface area contributed by atoms with Gasteiger partial charge < -0.3 is 20.3 Å². The van der Waals surface area contributed by atoms with Crippen molar-refractivity contribution in [3.05, 3.63) is 35.4 Å². The van der Waals surface area contributed by atoms with Crippen LogP contribution in [0.3, 0.4) is 0 Å². The Bertz CT molecular complexity index is 615. The number of halogens is 1. The molecule has 0 spiro atoms. The minimum Gasteiger partial charge on any atom is -0.379 e. The predicted octanol–water partition coefficient (Wildman–Crippen LogP) is 3.17. The summed E-state index contributed by atoms with van der Waals surface area (Å²) < 4.78 is 5.48. The van der Waals surface area contributed by atoms with Crippen molar-refractivity contribution in [2.45, 2.75) is 45.8 Å². The molecule has 1 aromatic rings. The number of ether oxygens (including phenoxy) is 1. The van der Waals surface area contributed by atoms with Crippen molar-refractivity contribution in [2.75, 3.05) is 54.0 Å². The molecule has 2 N–H and O–H groups in total. The lowest BCUT2D eigenvalue weighted by Gasteiger charge is -2.32. The minimum absolute atomic E-state index is 0. The summed E-state index contributed by atoms with van der Waals surface area (Å²) in [4.78, 5) is 9.23. The molecule has 1 aliphatic rings. The first-order valence-electron chi connectivity index (χ1n) is 11.1. The Labute approximate surface area is 200 Å². The fourth-order valence-electron chi connectivity index (χ4n) is 4.09. The maximum absolute atomic E-state index is 5.48. The Balaban J connectivity index is 0.00000450. The number of nitrogens with one attached hydrogen (secondary N) is 2. The highest BCUT2D eigenvalue weighted by atomic mass is 127. The lowest BCUT2D eigenvalue weighted by molar-refractivity contribution is 0.0341. The molecule has 0 radical (unpaired) electrons. The highest BCUT2D eigenvalue weighted by Gasteiger charge is 2.21. The molecule has 0 bridgehead atoms. The molecule has 2 rings (SSSR count). The second-order valence-electron chi connectivity index (χ2n) is 8.07. The Hall–Kier alpha value is -0.900. The fourth-order valence-corrected chi connectivity index (χ4v) is 4.09. The molecule has 1 fully saturated rings. The third kappa shape index (κ3) is 8.69. The number of rotatable bonds is 10. The normalized spacial score (nSPS) is 16.4. The summed E-state index contributed by atoms with van der Waals surface area (Å²) in [5, 5.41) is 7.05.